The van der Waals surface area contributed by atoms with Crippen LogP contribution in [0.3, 0.4) is 0 Å². The van der Waals surface area contributed by atoms with Crippen LogP contribution in [-0.2, 0) is 20.8 Å². The molecule has 13 nitrogen and oxygen atoms in total. The lowest BCUT2D eigenvalue weighted by atomic mass is 10.1. The highest BCUT2D eigenvalue weighted by molar-refractivity contribution is 7.99. The molecule has 0 saturated heterocycles. The Labute approximate surface area is 277 Å². The smallest absolute Gasteiger partial charge is 0.348 e. The van der Waals surface area contributed by atoms with E-state index < -0.39 is 29.6 Å². The second-order valence-electron chi connectivity index (χ2n) is 9.53. The van der Waals surface area contributed by atoms with Crippen molar-refractivity contribution in [1.82, 2.24) is 20.1 Å². The average molecular weight is 686 g/mol. The van der Waals surface area contributed by atoms with E-state index in [9.17, 15) is 23.6 Å². The standard InChI is InChI=1S/C31H32FN5O8S2/c1-6-44-29(40)25-17(3)26(30(41)45-7-2)47-28(25)34-24(38)16-46-31-36-35-23(37(31)20-10-8-19(32)9-11-20)15-33-27(39)18-12-21(42-4)14-22(13-18)43-5/h8-14H,6-7,15-16H2,1-5H3,(H,33,39)(H,34,38). The summed E-state index contributed by atoms with van der Waals surface area (Å²) in [7, 11) is 2.95. The molecule has 4 aromatic rings. The molecule has 16 heteroatoms. The third-order valence-corrected chi connectivity index (χ3v) is 8.59. The number of thiophene rings is 1. The molecule has 4 rings (SSSR count). The molecule has 2 aromatic heterocycles. The van der Waals surface area contributed by atoms with Gasteiger partial charge in [0, 0.05) is 17.3 Å². The first-order valence-corrected chi connectivity index (χ1v) is 16.0. The third kappa shape index (κ3) is 8.45. The number of ether oxygens (including phenoxy) is 4. The van der Waals surface area contributed by atoms with E-state index in [0.717, 1.165) is 23.1 Å². The van der Waals surface area contributed by atoms with Crippen LogP contribution in [0.4, 0.5) is 9.39 Å². The van der Waals surface area contributed by atoms with Crippen LogP contribution < -0.4 is 20.1 Å². The molecule has 0 unspecified atom stereocenters. The van der Waals surface area contributed by atoms with Gasteiger partial charge in [0.1, 0.15) is 27.2 Å². The molecule has 248 valence electrons. The van der Waals surface area contributed by atoms with E-state index in [0.29, 0.717) is 28.6 Å². The van der Waals surface area contributed by atoms with Gasteiger partial charge in [-0.05, 0) is 62.7 Å². The Morgan fingerprint density at radius 2 is 1.57 bits per heavy atom. The molecule has 0 aliphatic heterocycles. The van der Waals surface area contributed by atoms with Crippen molar-refractivity contribution in [3.8, 4) is 17.2 Å². The summed E-state index contributed by atoms with van der Waals surface area (Å²) >= 11 is 1.93. The largest absolute Gasteiger partial charge is 0.497 e. The predicted molar refractivity (Wildman–Crippen MR) is 172 cm³/mol. The number of anilines is 1. The van der Waals surface area contributed by atoms with Gasteiger partial charge in [-0.2, -0.15) is 0 Å². The minimum atomic E-state index is -0.685. The molecule has 0 fully saturated rings. The second kappa shape index (κ2) is 16.0. The van der Waals surface area contributed by atoms with Crippen molar-refractivity contribution < 1.29 is 42.5 Å². The third-order valence-electron chi connectivity index (χ3n) is 6.48. The lowest BCUT2D eigenvalue weighted by Gasteiger charge is -2.12. The summed E-state index contributed by atoms with van der Waals surface area (Å²) < 4.78 is 36.1. The Bertz CT molecular complexity index is 1750. The molecule has 0 atom stereocenters. The summed E-state index contributed by atoms with van der Waals surface area (Å²) in [6.45, 7) is 5.06. The van der Waals surface area contributed by atoms with Crippen molar-refractivity contribution in [1.29, 1.82) is 0 Å². The number of halogens is 1. The van der Waals surface area contributed by atoms with Crippen molar-refractivity contribution in [2.45, 2.75) is 32.5 Å². The molecule has 2 aromatic carbocycles. The molecular weight excluding hydrogens is 654 g/mol. The Morgan fingerprint density at radius 3 is 2.19 bits per heavy atom. The SMILES string of the molecule is CCOC(=O)c1sc(NC(=O)CSc2nnc(CNC(=O)c3cc(OC)cc(OC)c3)n2-c2ccc(F)cc2)c(C(=O)OCC)c1C. The molecule has 2 heterocycles. The highest BCUT2D eigenvalue weighted by Gasteiger charge is 2.27. The first-order chi connectivity index (χ1) is 22.6. The van der Waals surface area contributed by atoms with E-state index in [4.69, 9.17) is 18.9 Å². The van der Waals surface area contributed by atoms with Gasteiger partial charge < -0.3 is 29.6 Å². The number of methoxy groups -OCH3 is 2. The zero-order valence-corrected chi connectivity index (χ0v) is 27.8. The fourth-order valence-corrected chi connectivity index (χ4v) is 6.17. The number of carbonyl (C=O) groups is 4. The van der Waals surface area contributed by atoms with Crippen molar-refractivity contribution >= 4 is 51.9 Å². The van der Waals surface area contributed by atoms with Gasteiger partial charge in [0.15, 0.2) is 11.0 Å². The summed E-state index contributed by atoms with van der Waals surface area (Å²) in [5.74, 6) is -1.70. The minimum absolute atomic E-state index is 0.0660. The van der Waals surface area contributed by atoms with E-state index in [-0.39, 0.29) is 51.7 Å². The maximum atomic E-state index is 13.8. The summed E-state index contributed by atoms with van der Waals surface area (Å²) in [6.07, 6.45) is 0. The van der Waals surface area contributed by atoms with Crippen LogP contribution in [0.2, 0.25) is 0 Å². The van der Waals surface area contributed by atoms with E-state index in [1.807, 2.05) is 0 Å². The zero-order valence-electron chi connectivity index (χ0n) is 26.2. The van der Waals surface area contributed by atoms with Crippen LogP contribution >= 0.6 is 23.1 Å². The lowest BCUT2D eigenvalue weighted by molar-refractivity contribution is -0.113. The summed E-state index contributed by atoms with van der Waals surface area (Å²) in [5.41, 5.74) is 1.19. The van der Waals surface area contributed by atoms with Gasteiger partial charge in [0.2, 0.25) is 5.91 Å². The van der Waals surface area contributed by atoms with E-state index in [1.54, 1.807) is 43.5 Å². The quantitative estimate of drug-likeness (QED) is 0.139. The van der Waals surface area contributed by atoms with Crippen LogP contribution in [0, 0.1) is 12.7 Å². The van der Waals surface area contributed by atoms with Gasteiger partial charge in [0.25, 0.3) is 5.91 Å². The lowest BCUT2D eigenvalue weighted by Crippen LogP contribution is -2.24. The summed E-state index contributed by atoms with van der Waals surface area (Å²) in [5, 5.41) is 14.3. The first kappa shape index (κ1) is 34.9. The van der Waals surface area contributed by atoms with Crippen LogP contribution in [0.25, 0.3) is 5.69 Å². The number of nitrogens with zero attached hydrogens (tertiary/aromatic N) is 3. The monoisotopic (exact) mass is 685 g/mol. The number of esters is 2. The van der Waals surface area contributed by atoms with Crippen LogP contribution in [-0.4, -0.2) is 71.7 Å². The Balaban J connectivity index is 1.55. The molecule has 2 N–H and O–H groups in total. The zero-order chi connectivity index (χ0) is 34.1. The molecule has 47 heavy (non-hydrogen) atoms. The summed E-state index contributed by atoms with van der Waals surface area (Å²) in [4.78, 5) is 51.5. The number of carbonyl (C=O) groups excluding carboxylic acids is 4. The fourth-order valence-electron chi connectivity index (χ4n) is 4.29. The van der Waals surface area contributed by atoms with Crippen molar-refractivity contribution in [2.75, 3.05) is 38.5 Å². The molecule has 0 aliphatic carbocycles. The Morgan fingerprint density at radius 1 is 0.936 bits per heavy atom. The average Bonchev–Trinajstić information content (AvgIpc) is 3.62. The van der Waals surface area contributed by atoms with E-state index in [1.165, 1.54) is 38.5 Å². The highest BCUT2D eigenvalue weighted by atomic mass is 32.2. The van der Waals surface area contributed by atoms with Gasteiger partial charge in [-0.25, -0.2) is 14.0 Å². The molecule has 0 aliphatic rings. The van der Waals surface area contributed by atoms with Gasteiger partial charge in [-0.1, -0.05) is 11.8 Å². The number of rotatable bonds is 14. The van der Waals surface area contributed by atoms with Gasteiger partial charge in [0.05, 0.1) is 45.3 Å². The molecule has 2 amide bonds. The number of hydrogen-bond acceptors (Lipinski definition) is 12. The number of thioether (sulfide) groups is 1. The first-order valence-electron chi connectivity index (χ1n) is 14.2. The minimum Gasteiger partial charge on any atom is -0.497 e. The fraction of sp³-hybridized carbons (Fsp3) is 0.290. The maximum Gasteiger partial charge on any atom is 0.348 e. The van der Waals surface area contributed by atoms with Crippen molar-refractivity contribution in [3.63, 3.8) is 0 Å². The molecule has 0 radical (unpaired) electrons. The normalized spacial score (nSPS) is 10.7. The molecular formula is C31H32FN5O8S2. The van der Waals surface area contributed by atoms with E-state index >= 15 is 0 Å². The second-order valence-corrected chi connectivity index (χ2v) is 11.5. The predicted octanol–water partition coefficient (Wildman–Crippen LogP) is 4.81. The number of amides is 2. The van der Waals surface area contributed by atoms with Crippen LogP contribution in [0.5, 0.6) is 11.5 Å². The van der Waals surface area contributed by atoms with E-state index in [2.05, 4.69) is 20.8 Å². The molecule has 0 saturated carbocycles. The van der Waals surface area contributed by atoms with Gasteiger partial charge >= 0.3 is 11.9 Å². The van der Waals surface area contributed by atoms with Crippen LogP contribution in [0.1, 0.15) is 55.6 Å². The topological polar surface area (TPSA) is 160 Å². The van der Waals surface area contributed by atoms with Crippen molar-refractivity contribution in [2.24, 2.45) is 0 Å². The van der Waals surface area contributed by atoms with Gasteiger partial charge in [-0.15, -0.1) is 21.5 Å². The number of hydrogen-bond donors (Lipinski definition) is 2. The number of benzene rings is 2. The molecule has 0 spiro atoms. The highest BCUT2D eigenvalue weighted by Crippen LogP contribution is 2.35. The maximum absolute atomic E-state index is 13.8. The number of aromatic nitrogens is 3. The number of nitrogens with one attached hydrogen (secondary N) is 2. The molecule has 0 bridgehead atoms. The van der Waals surface area contributed by atoms with Crippen molar-refractivity contribution in [3.05, 3.63) is 75.7 Å². The summed E-state index contributed by atoms with van der Waals surface area (Å²) in [6, 6.07) is 10.3. The Kier molecular flexibility index (Phi) is 11.9. The van der Waals surface area contributed by atoms with Crippen LogP contribution in [0.15, 0.2) is 47.6 Å². The van der Waals surface area contributed by atoms with Gasteiger partial charge in [-0.3, -0.25) is 14.2 Å². The Hall–Kier alpha value is -4.96.